The predicted octanol–water partition coefficient (Wildman–Crippen LogP) is -0.0734. The molecule has 2 heterocycles. The van der Waals surface area contributed by atoms with E-state index in [1.807, 2.05) is 0 Å². The van der Waals surface area contributed by atoms with E-state index in [0.717, 1.165) is 0 Å². The zero-order valence-corrected chi connectivity index (χ0v) is 8.06. The Hall–Kier alpha value is -2.09. The Morgan fingerprint density at radius 1 is 1.00 bits per heavy atom. The highest BCUT2D eigenvalue weighted by Crippen LogP contribution is 2.25. The number of nitrogen functional groups attached to an aromatic ring is 3. The fourth-order valence-corrected chi connectivity index (χ4v) is 1.06. The van der Waals surface area contributed by atoms with Crippen LogP contribution in [0.5, 0.6) is 0 Å². The number of halogens is 1. The standard InChI is InChI=1S/C6H6ClN7O/c7-2-4(9)12-3(8)1(11-2)5-13-6(10)14-15-5/h(H2,10,14)(H4,8,9,12). The van der Waals surface area contributed by atoms with Crippen LogP contribution in [0.3, 0.4) is 0 Å². The molecule has 6 N–H and O–H groups in total. The van der Waals surface area contributed by atoms with Crippen molar-refractivity contribution < 1.29 is 4.52 Å². The average molecular weight is 228 g/mol. The highest BCUT2D eigenvalue weighted by atomic mass is 35.5. The van der Waals surface area contributed by atoms with Crippen LogP contribution >= 0.6 is 11.6 Å². The summed E-state index contributed by atoms with van der Waals surface area (Å²) in [6.45, 7) is 0. The number of nitrogens with two attached hydrogens (primary N) is 3. The first-order valence-electron chi connectivity index (χ1n) is 3.76. The van der Waals surface area contributed by atoms with Crippen molar-refractivity contribution in [3.05, 3.63) is 5.15 Å². The van der Waals surface area contributed by atoms with Gasteiger partial charge in [-0.2, -0.15) is 4.98 Å². The molecule has 0 spiro atoms. The summed E-state index contributed by atoms with van der Waals surface area (Å²) in [7, 11) is 0. The van der Waals surface area contributed by atoms with Gasteiger partial charge >= 0.3 is 0 Å². The molecule has 0 atom stereocenters. The van der Waals surface area contributed by atoms with Crippen molar-refractivity contribution in [3.63, 3.8) is 0 Å². The molecular formula is C6H6ClN7O. The van der Waals surface area contributed by atoms with E-state index in [2.05, 4.69) is 20.1 Å². The van der Waals surface area contributed by atoms with Gasteiger partial charge in [0.25, 0.3) is 11.8 Å². The molecule has 0 radical (unpaired) electrons. The van der Waals surface area contributed by atoms with E-state index in [1.165, 1.54) is 0 Å². The number of nitrogens with zero attached hydrogens (tertiary/aromatic N) is 4. The van der Waals surface area contributed by atoms with E-state index < -0.39 is 0 Å². The van der Waals surface area contributed by atoms with Gasteiger partial charge in [-0.1, -0.05) is 11.6 Å². The number of hydrogen-bond donors (Lipinski definition) is 3. The molecule has 0 aliphatic carbocycles. The van der Waals surface area contributed by atoms with Crippen LogP contribution in [-0.4, -0.2) is 20.1 Å². The Balaban J connectivity index is 2.58. The minimum absolute atomic E-state index is 0.0102. The molecule has 2 aromatic rings. The second kappa shape index (κ2) is 3.24. The van der Waals surface area contributed by atoms with Crippen molar-refractivity contribution in [2.75, 3.05) is 17.2 Å². The fourth-order valence-electron chi connectivity index (χ4n) is 0.930. The molecule has 0 amide bonds. The van der Waals surface area contributed by atoms with Crippen molar-refractivity contribution in [1.82, 2.24) is 20.1 Å². The monoisotopic (exact) mass is 227 g/mol. The number of rotatable bonds is 1. The van der Waals surface area contributed by atoms with Crippen LogP contribution in [0, 0.1) is 0 Å². The number of anilines is 3. The van der Waals surface area contributed by atoms with E-state index in [9.17, 15) is 0 Å². The zero-order valence-electron chi connectivity index (χ0n) is 7.31. The molecule has 0 unspecified atom stereocenters. The molecule has 15 heavy (non-hydrogen) atoms. The van der Waals surface area contributed by atoms with E-state index in [0.29, 0.717) is 0 Å². The van der Waals surface area contributed by atoms with Crippen LogP contribution in [-0.2, 0) is 0 Å². The van der Waals surface area contributed by atoms with Crippen molar-refractivity contribution in [2.24, 2.45) is 0 Å². The van der Waals surface area contributed by atoms with Gasteiger partial charge < -0.3 is 21.7 Å². The molecule has 2 rings (SSSR count). The van der Waals surface area contributed by atoms with Gasteiger partial charge in [0.1, 0.15) is 0 Å². The van der Waals surface area contributed by atoms with E-state index in [1.54, 1.807) is 0 Å². The molecule has 0 aromatic carbocycles. The van der Waals surface area contributed by atoms with Crippen molar-refractivity contribution in [3.8, 4) is 11.6 Å². The third-order valence-corrected chi connectivity index (χ3v) is 1.83. The van der Waals surface area contributed by atoms with Crippen LogP contribution < -0.4 is 17.2 Å². The van der Waals surface area contributed by atoms with Crippen LogP contribution in [0.15, 0.2) is 4.52 Å². The van der Waals surface area contributed by atoms with Gasteiger partial charge in [0.2, 0.25) is 0 Å². The third kappa shape index (κ3) is 1.62. The van der Waals surface area contributed by atoms with Gasteiger partial charge in [-0.3, -0.25) is 0 Å². The Morgan fingerprint density at radius 2 is 1.73 bits per heavy atom. The highest BCUT2D eigenvalue weighted by Gasteiger charge is 2.15. The molecule has 9 heteroatoms. The lowest BCUT2D eigenvalue weighted by Crippen LogP contribution is -2.02. The Kier molecular flexibility index (Phi) is 2.05. The summed E-state index contributed by atoms with van der Waals surface area (Å²) in [5.41, 5.74) is 16.4. The predicted molar refractivity (Wildman–Crippen MR) is 53.6 cm³/mol. The van der Waals surface area contributed by atoms with Gasteiger partial charge in [-0.25, -0.2) is 9.97 Å². The minimum Gasteiger partial charge on any atom is -0.382 e. The van der Waals surface area contributed by atoms with Crippen molar-refractivity contribution in [1.29, 1.82) is 0 Å². The van der Waals surface area contributed by atoms with Gasteiger partial charge in [-0.05, 0) is 5.16 Å². The zero-order chi connectivity index (χ0) is 11.0. The van der Waals surface area contributed by atoms with Gasteiger partial charge in [-0.15, -0.1) is 0 Å². The number of hydrogen-bond acceptors (Lipinski definition) is 8. The maximum atomic E-state index is 5.67. The molecule has 8 nitrogen and oxygen atoms in total. The molecule has 0 aliphatic heterocycles. The second-order valence-electron chi connectivity index (χ2n) is 2.59. The molecule has 0 bridgehead atoms. The van der Waals surface area contributed by atoms with Crippen LogP contribution in [0.4, 0.5) is 17.6 Å². The first kappa shape index (κ1) is 9.46. The fraction of sp³-hybridized carbons (Fsp3) is 0. The van der Waals surface area contributed by atoms with Crippen LogP contribution in [0.2, 0.25) is 5.15 Å². The quantitative estimate of drug-likeness (QED) is 0.614. The number of aromatic nitrogens is 4. The topological polar surface area (TPSA) is 143 Å². The van der Waals surface area contributed by atoms with Gasteiger partial charge in [0, 0.05) is 0 Å². The lowest BCUT2D eigenvalue weighted by Gasteiger charge is -2.01. The summed E-state index contributed by atoms with van der Waals surface area (Å²) in [5.74, 6) is 0.0875. The molecule has 2 aromatic heterocycles. The van der Waals surface area contributed by atoms with E-state index in [4.69, 9.17) is 33.3 Å². The first-order valence-corrected chi connectivity index (χ1v) is 4.13. The Labute approximate surface area is 88.4 Å². The SMILES string of the molecule is Nc1noc(-c2nc(Cl)c(N)nc2N)n1. The summed E-state index contributed by atoms with van der Waals surface area (Å²) in [6, 6.07) is 0. The third-order valence-electron chi connectivity index (χ3n) is 1.55. The first-order chi connectivity index (χ1) is 7.08. The molecule has 0 saturated heterocycles. The summed E-state index contributed by atoms with van der Waals surface area (Å²) < 4.78 is 4.76. The van der Waals surface area contributed by atoms with Gasteiger partial charge in [0.05, 0.1) is 0 Å². The molecule has 78 valence electrons. The molecule has 0 aliphatic rings. The van der Waals surface area contributed by atoms with E-state index in [-0.39, 0.29) is 34.3 Å². The highest BCUT2D eigenvalue weighted by molar-refractivity contribution is 6.31. The van der Waals surface area contributed by atoms with E-state index >= 15 is 0 Å². The Bertz CT molecular complexity index is 510. The van der Waals surface area contributed by atoms with Crippen molar-refractivity contribution >= 4 is 29.2 Å². The van der Waals surface area contributed by atoms with Crippen LogP contribution in [0.1, 0.15) is 0 Å². The summed E-state index contributed by atoms with van der Waals surface area (Å²) in [6.07, 6.45) is 0. The molecule has 0 fully saturated rings. The molecule has 0 saturated carbocycles. The maximum Gasteiger partial charge on any atom is 0.282 e. The van der Waals surface area contributed by atoms with Crippen molar-refractivity contribution in [2.45, 2.75) is 0 Å². The molecular weight excluding hydrogens is 222 g/mol. The average Bonchev–Trinajstić information content (AvgIpc) is 2.58. The summed E-state index contributed by atoms with van der Waals surface area (Å²) >= 11 is 5.67. The normalized spacial score (nSPS) is 10.5. The second-order valence-corrected chi connectivity index (χ2v) is 2.95. The van der Waals surface area contributed by atoms with Crippen LogP contribution in [0.25, 0.3) is 11.6 Å². The Morgan fingerprint density at radius 3 is 2.33 bits per heavy atom. The summed E-state index contributed by atoms with van der Waals surface area (Å²) in [4.78, 5) is 11.3. The summed E-state index contributed by atoms with van der Waals surface area (Å²) in [5, 5.41) is 3.39. The minimum atomic E-state index is -0.0286. The largest absolute Gasteiger partial charge is 0.382 e. The lowest BCUT2D eigenvalue weighted by molar-refractivity contribution is 0.432. The smallest absolute Gasteiger partial charge is 0.282 e. The van der Waals surface area contributed by atoms with Gasteiger partial charge in [0.15, 0.2) is 22.5 Å². The lowest BCUT2D eigenvalue weighted by atomic mass is 10.4. The maximum absolute atomic E-state index is 5.67.